The molecule has 2 atom stereocenters. The van der Waals surface area contributed by atoms with E-state index in [1.165, 1.54) is 0 Å². The maximum absolute atomic E-state index is 12.0. The van der Waals surface area contributed by atoms with Gasteiger partial charge in [-0.1, -0.05) is 0 Å². The van der Waals surface area contributed by atoms with Crippen molar-refractivity contribution in [3.05, 3.63) is 17.5 Å². The summed E-state index contributed by atoms with van der Waals surface area (Å²) in [6.07, 6.45) is 2.14. The summed E-state index contributed by atoms with van der Waals surface area (Å²) in [6, 6.07) is 2.38. The molecule has 1 amide bonds. The number of rotatable bonds is 6. The van der Waals surface area contributed by atoms with E-state index < -0.39 is 0 Å². The van der Waals surface area contributed by atoms with E-state index in [9.17, 15) is 9.90 Å². The lowest BCUT2D eigenvalue weighted by molar-refractivity contribution is -0.121. The van der Waals surface area contributed by atoms with Crippen LogP contribution in [0.15, 0.2) is 6.07 Å². The quantitative estimate of drug-likeness (QED) is 0.800. The van der Waals surface area contributed by atoms with Gasteiger partial charge in [0.1, 0.15) is 0 Å². The van der Waals surface area contributed by atoms with Gasteiger partial charge in [-0.25, -0.2) is 0 Å². The molecule has 21 heavy (non-hydrogen) atoms. The molecule has 2 N–H and O–H groups in total. The smallest absolute Gasteiger partial charge is 0.220 e. The van der Waals surface area contributed by atoms with Crippen LogP contribution < -0.4 is 5.32 Å². The third-order valence-corrected chi connectivity index (χ3v) is 4.14. The first kappa shape index (κ1) is 16.0. The van der Waals surface area contributed by atoms with Crippen LogP contribution in [0.5, 0.6) is 0 Å². The van der Waals surface area contributed by atoms with Gasteiger partial charge in [-0.2, -0.15) is 5.10 Å². The van der Waals surface area contributed by atoms with Crippen LogP contribution >= 0.6 is 0 Å². The van der Waals surface area contributed by atoms with E-state index in [0.29, 0.717) is 6.42 Å². The molecule has 1 aliphatic rings. The molecule has 0 unspecified atom stereocenters. The number of carbonyl (C=O) groups excluding carboxylic acids is 1. The van der Waals surface area contributed by atoms with Gasteiger partial charge in [0.05, 0.1) is 12.3 Å². The number of aliphatic hydroxyl groups is 1. The van der Waals surface area contributed by atoms with E-state index >= 15 is 0 Å². The minimum Gasteiger partial charge on any atom is -0.395 e. The largest absolute Gasteiger partial charge is 0.395 e. The number of likely N-dealkylation sites (N-methyl/N-ethyl adjacent to an activating group) is 1. The third-order valence-electron chi connectivity index (χ3n) is 4.14. The van der Waals surface area contributed by atoms with Crippen molar-refractivity contribution in [2.24, 2.45) is 0 Å². The summed E-state index contributed by atoms with van der Waals surface area (Å²) < 4.78 is 1.95. The van der Waals surface area contributed by atoms with Crippen molar-refractivity contribution in [1.82, 2.24) is 20.0 Å². The van der Waals surface area contributed by atoms with E-state index in [0.717, 1.165) is 37.3 Å². The number of hydrogen-bond donors (Lipinski definition) is 2. The first-order valence-electron chi connectivity index (χ1n) is 7.61. The van der Waals surface area contributed by atoms with E-state index in [-0.39, 0.29) is 24.6 Å². The normalized spacial score (nSPS) is 22.7. The highest BCUT2D eigenvalue weighted by Gasteiger charge is 2.29. The van der Waals surface area contributed by atoms with Gasteiger partial charge in [-0.15, -0.1) is 0 Å². The molecule has 0 spiro atoms. The van der Waals surface area contributed by atoms with Crippen LogP contribution in [-0.4, -0.2) is 58.0 Å². The molecule has 0 saturated carbocycles. The second kappa shape index (κ2) is 7.04. The average Bonchev–Trinajstić information content (AvgIpc) is 2.92. The van der Waals surface area contributed by atoms with Crippen molar-refractivity contribution in [3.63, 3.8) is 0 Å². The molecule has 0 bridgehead atoms. The maximum atomic E-state index is 12.0. The highest BCUT2D eigenvalue weighted by molar-refractivity contribution is 5.76. The van der Waals surface area contributed by atoms with Gasteiger partial charge < -0.3 is 10.4 Å². The van der Waals surface area contributed by atoms with Gasteiger partial charge >= 0.3 is 0 Å². The van der Waals surface area contributed by atoms with Crippen molar-refractivity contribution in [1.29, 1.82) is 0 Å². The monoisotopic (exact) mass is 294 g/mol. The molecule has 1 aromatic rings. The Balaban J connectivity index is 1.70. The predicted molar refractivity (Wildman–Crippen MR) is 81.0 cm³/mol. The Morgan fingerprint density at radius 3 is 2.86 bits per heavy atom. The third kappa shape index (κ3) is 4.28. The Labute approximate surface area is 126 Å². The van der Waals surface area contributed by atoms with Crippen LogP contribution in [-0.2, 0) is 11.3 Å². The topological polar surface area (TPSA) is 70.4 Å². The van der Waals surface area contributed by atoms with Gasteiger partial charge in [0, 0.05) is 37.3 Å². The SMILES string of the molecule is Cc1cc(C)n(CCCC(=O)N[C@@H]2C[C@@H](CO)N(C)C2)n1. The number of aryl methyl sites for hydroxylation is 3. The van der Waals surface area contributed by atoms with Crippen molar-refractivity contribution in [2.45, 2.75) is 51.7 Å². The summed E-state index contributed by atoms with van der Waals surface area (Å²) in [5, 5.41) is 16.7. The molecule has 0 aliphatic carbocycles. The summed E-state index contributed by atoms with van der Waals surface area (Å²) in [7, 11) is 1.98. The van der Waals surface area contributed by atoms with Crippen LogP contribution in [0.3, 0.4) is 0 Å². The second-order valence-corrected chi connectivity index (χ2v) is 6.03. The minimum atomic E-state index is 0.0912. The Kier molecular flexibility index (Phi) is 5.36. The molecule has 2 heterocycles. The van der Waals surface area contributed by atoms with E-state index in [4.69, 9.17) is 0 Å². The Morgan fingerprint density at radius 2 is 2.29 bits per heavy atom. The van der Waals surface area contributed by atoms with Crippen molar-refractivity contribution >= 4 is 5.91 Å². The van der Waals surface area contributed by atoms with Crippen LogP contribution in [0.2, 0.25) is 0 Å². The Morgan fingerprint density at radius 1 is 1.52 bits per heavy atom. The fraction of sp³-hybridized carbons (Fsp3) is 0.733. The fourth-order valence-electron chi connectivity index (χ4n) is 2.99. The van der Waals surface area contributed by atoms with Gasteiger partial charge in [-0.3, -0.25) is 14.4 Å². The standard InChI is InChI=1S/C15H26N4O2/c1-11-7-12(2)19(17-11)6-4-5-15(21)16-13-8-14(10-20)18(3)9-13/h7,13-14,20H,4-6,8-10H2,1-3H3,(H,16,21)/t13-,14+/m1/s1. The van der Waals surface area contributed by atoms with E-state index in [1.54, 1.807) is 0 Å². The summed E-state index contributed by atoms with van der Waals surface area (Å²) in [4.78, 5) is 14.1. The highest BCUT2D eigenvalue weighted by atomic mass is 16.3. The zero-order valence-corrected chi connectivity index (χ0v) is 13.2. The highest BCUT2D eigenvalue weighted by Crippen LogP contribution is 2.15. The Bertz CT molecular complexity index is 486. The zero-order valence-electron chi connectivity index (χ0n) is 13.2. The summed E-state index contributed by atoms with van der Waals surface area (Å²) in [5.74, 6) is 0.0912. The summed E-state index contributed by atoms with van der Waals surface area (Å²) in [6.45, 7) is 5.75. The first-order valence-corrected chi connectivity index (χ1v) is 7.61. The van der Waals surface area contributed by atoms with Gasteiger partial charge in [-0.05, 0) is 39.8 Å². The van der Waals surface area contributed by atoms with Gasteiger partial charge in [0.2, 0.25) is 5.91 Å². The van der Waals surface area contributed by atoms with Gasteiger partial charge in [0.25, 0.3) is 0 Å². The first-order chi connectivity index (χ1) is 9.99. The lowest BCUT2D eigenvalue weighted by atomic mass is 10.1. The molecule has 6 heteroatoms. The summed E-state index contributed by atoms with van der Waals surface area (Å²) in [5.41, 5.74) is 2.15. The zero-order chi connectivity index (χ0) is 15.4. The molecule has 0 radical (unpaired) electrons. The molecular weight excluding hydrogens is 268 g/mol. The number of nitrogens with one attached hydrogen (secondary N) is 1. The number of hydrogen-bond acceptors (Lipinski definition) is 4. The second-order valence-electron chi connectivity index (χ2n) is 6.03. The lowest BCUT2D eigenvalue weighted by Crippen LogP contribution is -2.36. The predicted octanol–water partition coefficient (Wildman–Crippen LogP) is 0.461. The molecule has 1 aliphatic heterocycles. The van der Waals surface area contributed by atoms with Crippen LogP contribution in [0.25, 0.3) is 0 Å². The van der Waals surface area contributed by atoms with Crippen molar-refractivity contribution in [3.8, 4) is 0 Å². The van der Waals surface area contributed by atoms with Crippen LogP contribution in [0.4, 0.5) is 0 Å². The van der Waals surface area contributed by atoms with E-state index in [1.807, 2.05) is 31.6 Å². The molecule has 118 valence electrons. The fourth-order valence-corrected chi connectivity index (χ4v) is 2.99. The Hall–Kier alpha value is -1.40. The van der Waals surface area contributed by atoms with Crippen molar-refractivity contribution < 1.29 is 9.90 Å². The number of aliphatic hydroxyl groups excluding tert-OH is 1. The molecule has 1 fully saturated rings. The molecule has 1 saturated heterocycles. The number of likely N-dealkylation sites (tertiary alicyclic amines) is 1. The van der Waals surface area contributed by atoms with E-state index in [2.05, 4.69) is 15.3 Å². The minimum absolute atomic E-state index is 0.0912. The molecule has 2 rings (SSSR count). The summed E-state index contributed by atoms with van der Waals surface area (Å²) >= 11 is 0. The number of carbonyl (C=O) groups is 1. The number of nitrogens with zero attached hydrogens (tertiary/aromatic N) is 3. The molecule has 6 nitrogen and oxygen atoms in total. The van der Waals surface area contributed by atoms with Crippen LogP contribution in [0.1, 0.15) is 30.7 Å². The van der Waals surface area contributed by atoms with Gasteiger partial charge in [0.15, 0.2) is 0 Å². The molecule has 0 aromatic carbocycles. The lowest BCUT2D eigenvalue weighted by Gasteiger charge is -2.15. The number of aromatic nitrogens is 2. The number of amides is 1. The van der Waals surface area contributed by atoms with Crippen molar-refractivity contribution in [2.75, 3.05) is 20.2 Å². The maximum Gasteiger partial charge on any atom is 0.220 e. The van der Waals surface area contributed by atoms with Crippen LogP contribution in [0, 0.1) is 13.8 Å². The molecule has 1 aromatic heterocycles. The molecular formula is C15H26N4O2. The average molecular weight is 294 g/mol.